The van der Waals surface area contributed by atoms with Crippen molar-refractivity contribution < 1.29 is 9.90 Å². The van der Waals surface area contributed by atoms with E-state index in [0.717, 1.165) is 38.5 Å². The maximum absolute atomic E-state index is 11.8. The summed E-state index contributed by atoms with van der Waals surface area (Å²) in [4.78, 5) is 13.6. The maximum atomic E-state index is 11.8. The molecule has 0 aromatic heterocycles. The Morgan fingerprint density at radius 2 is 1.86 bits per heavy atom. The van der Waals surface area contributed by atoms with E-state index in [1.54, 1.807) is 4.90 Å². The third-order valence-corrected chi connectivity index (χ3v) is 3.47. The zero-order valence-electron chi connectivity index (χ0n) is 8.78. The van der Waals surface area contributed by atoms with Crippen LogP contribution in [0.15, 0.2) is 0 Å². The molecule has 2 rings (SSSR count). The van der Waals surface area contributed by atoms with Crippen molar-refractivity contribution in [3.8, 4) is 0 Å². The second-order valence-electron chi connectivity index (χ2n) is 4.64. The number of rotatable bonds is 2. The van der Waals surface area contributed by atoms with Crippen LogP contribution in [-0.4, -0.2) is 35.1 Å². The molecule has 0 aromatic rings. The summed E-state index contributed by atoms with van der Waals surface area (Å²) in [5.74, 6) is 0.519. The van der Waals surface area contributed by atoms with Crippen LogP contribution < -0.4 is 0 Å². The molecule has 2 fully saturated rings. The van der Waals surface area contributed by atoms with Crippen molar-refractivity contribution in [1.29, 1.82) is 0 Å². The van der Waals surface area contributed by atoms with E-state index in [4.69, 9.17) is 0 Å². The fraction of sp³-hybridized carbons (Fsp3) is 0.909. The van der Waals surface area contributed by atoms with E-state index in [1.807, 2.05) is 7.05 Å². The Labute approximate surface area is 85.1 Å². The number of hydrogen-bond donors (Lipinski definition) is 1. The van der Waals surface area contributed by atoms with Crippen LogP contribution in [0.5, 0.6) is 0 Å². The van der Waals surface area contributed by atoms with E-state index in [1.165, 1.54) is 0 Å². The molecule has 0 radical (unpaired) electrons. The first-order valence-electron chi connectivity index (χ1n) is 5.65. The van der Waals surface area contributed by atoms with Crippen LogP contribution in [0, 0.1) is 5.92 Å². The maximum Gasteiger partial charge on any atom is 0.225 e. The summed E-state index contributed by atoms with van der Waals surface area (Å²) in [7, 11) is 1.85. The predicted molar refractivity (Wildman–Crippen MR) is 53.8 cm³/mol. The Morgan fingerprint density at radius 1 is 1.21 bits per heavy atom. The summed E-state index contributed by atoms with van der Waals surface area (Å²) >= 11 is 0. The van der Waals surface area contributed by atoms with Crippen LogP contribution >= 0.6 is 0 Å². The summed E-state index contributed by atoms with van der Waals surface area (Å²) in [5, 5.41) is 9.80. The van der Waals surface area contributed by atoms with Crippen LogP contribution in [0.1, 0.15) is 38.5 Å². The minimum absolute atomic E-state index is 0.0804. The van der Waals surface area contributed by atoms with Crippen LogP contribution in [-0.2, 0) is 4.79 Å². The van der Waals surface area contributed by atoms with E-state index in [0.29, 0.717) is 0 Å². The first kappa shape index (κ1) is 9.97. The van der Waals surface area contributed by atoms with Crippen molar-refractivity contribution in [2.24, 2.45) is 5.92 Å². The van der Waals surface area contributed by atoms with Crippen molar-refractivity contribution in [2.45, 2.75) is 50.7 Å². The molecule has 1 N–H and O–H groups in total. The minimum Gasteiger partial charge on any atom is -0.391 e. The van der Waals surface area contributed by atoms with Gasteiger partial charge < -0.3 is 10.0 Å². The lowest BCUT2D eigenvalue weighted by Crippen LogP contribution is -2.46. The highest BCUT2D eigenvalue weighted by Gasteiger charge is 2.37. The number of amides is 1. The van der Waals surface area contributed by atoms with Crippen LogP contribution in [0.2, 0.25) is 0 Å². The average Bonchev–Trinajstić information content (AvgIpc) is 3.00. The zero-order chi connectivity index (χ0) is 10.1. The van der Waals surface area contributed by atoms with E-state index in [-0.39, 0.29) is 24.0 Å². The fourth-order valence-corrected chi connectivity index (χ4v) is 2.33. The van der Waals surface area contributed by atoms with Crippen LogP contribution in [0.3, 0.4) is 0 Å². The number of aliphatic hydroxyl groups excluding tert-OH is 1. The molecule has 80 valence electrons. The van der Waals surface area contributed by atoms with Gasteiger partial charge in [-0.15, -0.1) is 0 Å². The van der Waals surface area contributed by atoms with Gasteiger partial charge in [-0.05, 0) is 25.7 Å². The SMILES string of the molecule is CN(C(=O)C1CC1)C1CCCCC1O. The van der Waals surface area contributed by atoms with Crippen molar-refractivity contribution in [1.82, 2.24) is 4.90 Å². The molecule has 0 saturated heterocycles. The molecule has 3 heteroatoms. The van der Waals surface area contributed by atoms with Crippen molar-refractivity contribution in [3.63, 3.8) is 0 Å². The molecule has 0 aliphatic heterocycles. The van der Waals surface area contributed by atoms with E-state index < -0.39 is 0 Å². The third-order valence-electron chi connectivity index (χ3n) is 3.47. The van der Waals surface area contributed by atoms with E-state index in [9.17, 15) is 9.90 Å². The predicted octanol–water partition coefficient (Wildman–Crippen LogP) is 1.16. The summed E-state index contributed by atoms with van der Waals surface area (Å²) < 4.78 is 0. The monoisotopic (exact) mass is 197 g/mol. The summed E-state index contributed by atoms with van der Waals surface area (Å²) in [6.45, 7) is 0. The standard InChI is InChI=1S/C11H19NO2/c1-12(11(14)8-6-7-8)9-4-2-3-5-10(9)13/h8-10,13H,2-7H2,1H3. The molecule has 2 saturated carbocycles. The highest BCUT2D eigenvalue weighted by Crippen LogP contribution is 2.33. The van der Waals surface area contributed by atoms with Crippen molar-refractivity contribution >= 4 is 5.91 Å². The lowest BCUT2D eigenvalue weighted by Gasteiger charge is -2.35. The second kappa shape index (κ2) is 3.89. The zero-order valence-corrected chi connectivity index (χ0v) is 8.78. The number of carbonyl (C=O) groups is 1. The van der Waals surface area contributed by atoms with Gasteiger partial charge in [-0.3, -0.25) is 4.79 Å². The normalized spacial score (nSPS) is 32.7. The van der Waals surface area contributed by atoms with Gasteiger partial charge in [0.1, 0.15) is 0 Å². The number of likely N-dealkylation sites (N-methyl/N-ethyl adjacent to an activating group) is 1. The van der Waals surface area contributed by atoms with E-state index in [2.05, 4.69) is 0 Å². The third kappa shape index (κ3) is 1.92. The van der Waals surface area contributed by atoms with Crippen molar-refractivity contribution in [3.05, 3.63) is 0 Å². The molecule has 2 aliphatic rings. The lowest BCUT2D eigenvalue weighted by atomic mass is 9.91. The molecule has 2 aliphatic carbocycles. The largest absolute Gasteiger partial charge is 0.391 e. The Bertz CT molecular complexity index is 225. The molecule has 14 heavy (non-hydrogen) atoms. The van der Waals surface area contributed by atoms with Crippen molar-refractivity contribution in [2.75, 3.05) is 7.05 Å². The fourth-order valence-electron chi connectivity index (χ4n) is 2.33. The van der Waals surface area contributed by atoms with Gasteiger partial charge in [0.2, 0.25) is 5.91 Å². The van der Waals surface area contributed by atoms with Gasteiger partial charge in [-0.25, -0.2) is 0 Å². The molecule has 0 bridgehead atoms. The molecule has 1 amide bonds. The molecule has 0 heterocycles. The summed E-state index contributed by atoms with van der Waals surface area (Å²) in [6.07, 6.45) is 5.87. The number of nitrogens with zero attached hydrogens (tertiary/aromatic N) is 1. The van der Waals surface area contributed by atoms with E-state index >= 15 is 0 Å². The topological polar surface area (TPSA) is 40.5 Å². The van der Waals surface area contributed by atoms with Gasteiger partial charge in [0.25, 0.3) is 0 Å². The number of aliphatic hydroxyl groups is 1. The van der Waals surface area contributed by atoms with Crippen LogP contribution in [0.25, 0.3) is 0 Å². The van der Waals surface area contributed by atoms with Gasteiger partial charge in [0.05, 0.1) is 12.1 Å². The van der Waals surface area contributed by atoms with Crippen LogP contribution in [0.4, 0.5) is 0 Å². The van der Waals surface area contributed by atoms with Gasteiger partial charge in [0, 0.05) is 13.0 Å². The summed E-state index contributed by atoms with van der Waals surface area (Å²) in [6, 6.07) is 0.0804. The number of carbonyl (C=O) groups excluding carboxylic acids is 1. The number of hydrogen-bond acceptors (Lipinski definition) is 2. The quantitative estimate of drug-likeness (QED) is 0.721. The van der Waals surface area contributed by atoms with Gasteiger partial charge in [-0.1, -0.05) is 12.8 Å². The Kier molecular flexibility index (Phi) is 2.77. The molecule has 2 atom stereocenters. The van der Waals surface area contributed by atoms with Gasteiger partial charge in [0.15, 0.2) is 0 Å². The highest BCUT2D eigenvalue weighted by atomic mass is 16.3. The second-order valence-corrected chi connectivity index (χ2v) is 4.64. The average molecular weight is 197 g/mol. The Morgan fingerprint density at radius 3 is 2.43 bits per heavy atom. The van der Waals surface area contributed by atoms with Gasteiger partial charge >= 0.3 is 0 Å². The molecular weight excluding hydrogens is 178 g/mol. The molecule has 2 unspecified atom stereocenters. The van der Waals surface area contributed by atoms with Gasteiger partial charge in [-0.2, -0.15) is 0 Å². The Balaban J connectivity index is 1.94. The Hall–Kier alpha value is -0.570. The molecular formula is C11H19NO2. The molecule has 0 aromatic carbocycles. The smallest absolute Gasteiger partial charge is 0.225 e. The summed E-state index contributed by atoms with van der Waals surface area (Å²) in [5.41, 5.74) is 0. The minimum atomic E-state index is -0.295. The molecule has 3 nitrogen and oxygen atoms in total. The molecule has 0 spiro atoms. The lowest BCUT2D eigenvalue weighted by molar-refractivity contribution is -0.136. The first-order chi connectivity index (χ1) is 6.70. The first-order valence-corrected chi connectivity index (χ1v) is 5.65. The highest BCUT2D eigenvalue weighted by molar-refractivity contribution is 5.81.